The van der Waals surface area contributed by atoms with Crippen LogP contribution in [-0.4, -0.2) is 24.7 Å². The molecule has 4 heteroatoms. The maximum Gasteiger partial charge on any atom is 0.323 e. The molecule has 0 aromatic carbocycles. The van der Waals surface area contributed by atoms with Crippen LogP contribution in [0.3, 0.4) is 0 Å². The summed E-state index contributed by atoms with van der Waals surface area (Å²) in [5.41, 5.74) is 0.521. The average molecular weight is 225 g/mol. The van der Waals surface area contributed by atoms with Crippen LogP contribution in [0.2, 0.25) is 0 Å². The second-order valence-electron chi connectivity index (χ2n) is 4.71. The number of hydrogen-bond donors (Lipinski definition) is 1. The van der Waals surface area contributed by atoms with Crippen molar-refractivity contribution in [3.63, 3.8) is 0 Å². The Morgan fingerprint density at radius 3 is 2.69 bits per heavy atom. The lowest BCUT2D eigenvalue weighted by atomic mass is 10.1. The topological polar surface area (TPSA) is 51.5 Å². The minimum atomic E-state index is -0.456. The lowest BCUT2D eigenvalue weighted by Crippen LogP contribution is -2.40. The molecule has 0 aliphatic heterocycles. The lowest BCUT2D eigenvalue weighted by Gasteiger charge is -2.23. The van der Waals surface area contributed by atoms with Crippen molar-refractivity contribution in [1.82, 2.24) is 5.32 Å². The smallest absolute Gasteiger partial charge is 0.323 e. The summed E-state index contributed by atoms with van der Waals surface area (Å²) in [6, 6.07) is 1.51. The summed E-state index contributed by atoms with van der Waals surface area (Å²) in [7, 11) is 1.74. The van der Waals surface area contributed by atoms with E-state index in [1.807, 2.05) is 26.8 Å². The molecule has 0 saturated heterocycles. The van der Waals surface area contributed by atoms with Crippen LogP contribution in [-0.2, 0) is 16.0 Å². The predicted molar refractivity (Wildman–Crippen MR) is 61.1 cm³/mol. The Kier molecular flexibility index (Phi) is 4.12. The summed E-state index contributed by atoms with van der Waals surface area (Å²) in [6.45, 7) is 5.57. The molecule has 1 atom stereocenters. The molecule has 1 aromatic rings. The third-order valence-electron chi connectivity index (χ3n) is 2.06. The molecule has 0 amide bonds. The molecule has 0 fully saturated rings. The number of esters is 1. The van der Waals surface area contributed by atoms with Crippen molar-refractivity contribution < 1.29 is 13.9 Å². The van der Waals surface area contributed by atoms with Crippen LogP contribution in [0.5, 0.6) is 0 Å². The van der Waals surface area contributed by atoms with Crippen LogP contribution in [0, 0.1) is 0 Å². The second-order valence-corrected chi connectivity index (χ2v) is 4.71. The molecule has 90 valence electrons. The van der Waals surface area contributed by atoms with Gasteiger partial charge < -0.3 is 14.5 Å². The Labute approximate surface area is 96.0 Å². The molecule has 1 rings (SSSR count). The number of carbonyl (C=O) groups is 1. The summed E-state index contributed by atoms with van der Waals surface area (Å²) >= 11 is 0. The first kappa shape index (κ1) is 12.8. The van der Waals surface area contributed by atoms with Gasteiger partial charge in [-0.3, -0.25) is 4.79 Å². The van der Waals surface area contributed by atoms with Gasteiger partial charge in [-0.25, -0.2) is 0 Å². The van der Waals surface area contributed by atoms with Gasteiger partial charge in [-0.05, 0) is 39.4 Å². The molecule has 0 saturated carbocycles. The van der Waals surface area contributed by atoms with E-state index >= 15 is 0 Å². The Bertz CT molecular complexity index is 325. The van der Waals surface area contributed by atoms with Gasteiger partial charge in [0, 0.05) is 6.42 Å². The minimum Gasteiger partial charge on any atom is -0.472 e. The highest BCUT2D eigenvalue weighted by Gasteiger charge is 2.24. The van der Waals surface area contributed by atoms with Gasteiger partial charge in [0.2, 0.25) is 0 Å². The van der Waals surface area contributed by atoms with Crippen LogP contribution >= 0.6 is 0 Å². The van der Waals surface area contributed by atoms with E-state index in [9.17, 15) is 4.79 Å². The zero-order valence-corrected chi connectivity index (χ0v) is 10.2. The first-order chi connectivity index (χ1) is 7.42. The molecule has 0 unspecified atom stereocenters. The second kappa shape index (κ2) is 5.16. The number of carbonyl (C=O) groups excluding carboxylic acids is 1. The Morgan fingerprint density at radius 1 is 1.56 bits per heavy atom. The van der Waals surface area contributed by atoms with E-state index in [1.165, 1.54) is 0 Å². The number of nitrogens with one attached hydrogen (secondary N) is 1. The van der Waals surface area contributed by atoms with E-state index in [4.69, 9.17) is 9.15 Å². The average Bonchev–Trinajstić information content (AvgIpc) is 2.63. The van der Waals surface area contributed by atoms with Crippen molar-refractivity contribution in [3.8, 4) is 0 Å². The summed E-state index contributed by atoms with van der Waals surface area (Å²) in [5.74, 6) is -0.240. The summed E-state index contributed by atoms with van der Waals surface area (Å²) < 4.78 is 10.3. The van der Waals surface area contributed by atoms with Crippen molar-refractivity contribution in [2.45, 2.75) is 38.8 Å². The molecule has 0 bridgehead atoms. The molecule has 1 heterocycles. The summed E-state index contributed by atoms with van der Waals surface area (Å²) in [5, 5.41) is 2.95. The number of rotatable bonds is 4. The van der Waals surface area contributed by atoms with Crippen LogP contribution in [0.15, 0.2) is 23.0 Å². The molecule has 1 aromatic heterocycles. The van der Waals surface area contributed by atoms with Crippen LogP contribution in [0.25, 0.3) is 0 Å². The quantitative estimate of drug-likeness (QED) is 0.793. The molecule has 1 N–H and O–H groups in total. The van der Waals surface area contributed by atoms with E-state index in [1.54, 1.807) is 19.6 Å². The first-order valence-corrected chi connectivity index (χ1v) is 5.33. The van der Waals surface area contributed by atoms with Crippen LogP contribution < -0.4 is 5.32 Å². The lowest BCUT2D eigenvalue weighted by molar-refractivity contribution is -0.157. The number of ether oxygens (including phenoxy) is 1. The third kappa shape index (κ3) is 4.06. The molecule has 16 heavy (non-hydrogen) atoms. The van der Waals surface area contributed by atoms with Crippen LogP contribution in [0.1, 0.15) is 26.3 Å². The largest absolute Gasteiger partial charge is 0.472 e. The minimum absolute atomic E-state index is 0.240. The molecule has 0 spiro atoms. The van der Waals surface area contributed by atoms with Gasteiger partial charge in [0.15, 0.2) is 0 Å². The normalized spacial score (nSPS) is 13.5. The number of likely N-dealkylation sites (N-methyl/N-ethyl adjacent to an activating group) is 1. The Hall–Kier alpha value is -1.29. The van der Waals surface area contributed by atoms with Gasteiger partial charge in [-0.1, -0.05) is 0 Å². The first-order valence-electron chi connectivity index (χ1n) is 5.33. The fraction of sp³-hybridized carbons (Fsp3) is 0.583. The summed E-state index contributed by atoms with van der Waals surface area (Å²) in [6.07, 6.45) is 3.80. The number of furan rings is 1. The molecular weight excluding hydrogens is 206 g/mol. The maximum absolute atomic E-state index is 11.8. The third-order valence-corrected chi connectivity index (χ3v) is 2.06. The van der Waals surface area contributed by atoms with Crippen molar-refractivity contribution in [1.29, 1.82) is 0 Å². The van der Waals surface area contributed by atoms with E-state index in [0.29, 0.717) is 6.42 Å². The highest BCUT2D eigenvalue weighted by Crippen LogP contribution is 2.11. The zero-order chi connectivity index (χ0) is 12.2. The van der Waals surface area contributed by atoms with Crippen LogP contribution in [0.4, 0.5) is 0 Å². The maximum atomic E-state index is 11.8. The number of hydrogen-bond acceptors (Lipinski definition) is 4. The highest BCUT2D eigenvalue weighted by molar-refractivity contribution is 5.76. The van der Waals surface area contributed by atoms with Crippen molar-refractivity contribution in [2.75, 3.05) is 7.05 Å². The van der Waals surface area contributed by atoms with E-state index in [-0.39, 0.29) is 12.0 Å². The van der Waals surface area contributed by atoms with Gasteiger partial charge in [0.1, 0.15) is 11.6 Å². The fourth-order valence-electron chi connectivity index (χ4n) is 1.32. The molecule has 0 aliphatic carbocycles. The Morgan fingerprint density at radius 2 is 2.25 bits per heavy atom. The van der Waals surface area contributed by atoms with Gasteiger partial charge in [-0.15, -0.1) is 0 Å². The monoisotopic (exact) mass is 225 g/mol. The summed E-state index contributed by atoms with van der Waals surface area (Å²) in [4.78, 5) is 11.8. The van der Waals surface area contributed by atoms with E-state index in [2.05, 4.69) is 5.32 Å². The van der Waals surface area contributed by atoms with Gasteiger partial charge in [0.05, 0.1) is 12.5 Å². The van der Waals surface area contributed by atoms with E-state index < -0.39 is 5.60 Å². The molecular formula is C12H19NO3. The van der Waals surface area contributed by atoms with Crippen molar-refractivity contribution >= 4 is 5.97 Å². The van der Waals surface area contributed by atoms with Gasteiger partial charge in [0.25, 0.3) is 0 Å². The SMILES string of the molecule is CN[C@@H](Cc1ccoc1)C(=O)OC(C)(C)C. The predicted octanol–water partition coefficient (Wildman–Crippen LogP) is 1.75. The molecule has 0 aliphatic rings. The standard InChI is InChI=1S/C12H19NO3/c1-12(2,3)16-11(14)10(13-4)7-9-5-6-15-8-9/h5-6,8,10,13H,7H2,1-4H3/t10-/m0/s1. The van der Waals surface area contributed by atoms with E-state index in [0.717, 1.165) is 5.56 Å². The van der Waals surface area contributed by atoms with Crippen molar-refractivity contribution in [3.05, 3.63) is 24.2 Å². The van der Waals surface area contributed by atoms with Gasteiger partial charge in [-0.2, -0.15) is 0 Å². The molecule has 0 radical (unpaired) electrons. The Balaban J connectivity index is 2.57. The fourth-order valence-corrected chi connectivity index (χ4v) is 1.32. The highest BCUT2D eigenvalue weighted by atomic mass is 16.6. The molecule has 4 nitrogen and oxygen atoms in total. The van der Waals surface area contributed by atoms with Gasteiger partial charge >= 0.3 is 5.97 Å². The van der Waals surface area contributed by atoms with Crippen molar-refractivity contribution in [2.24, 2.45) is 0 Å². The zero-order valence-electron chi connectivity index (χ0n) is 10.2.